The monoisotopic (exact) mass is 333 g/mol. The van der Waals surface area contributed by atoms with E-state index in [9.17, 15) is 4.79 Å². The van der Waals surface area contributed by atoms with E-state index < -0.39 is 0 Å². The van der Waals surface area contributed by atoms with Crippen molar-refractivity contribution in [1.82, 2.24) is 23.8 Å². The molecule has 0 aromatic carbocycles. The number of fused-ring (bicyclic) bond motifs is 1. The Balaban J connectivity index is 1.63. The van der Waals surface area contributed by atoms with Crippen LogP contribution in [0.3, 0.4) is 0 Å². The van der Waals surface area contributed by atoms with Crippen LogP contribution in [-0.2, 0) is 5.41 Å². The molecule has 7 nitrogen and oxygen atoms in total. The molecule has 0 spiro atoms. The van der Waals surface area contributed by atoms with E-state index >= 15 is 0 Å². The molecule has 2 atom stereocenters. The maximum atomic E-state index is 12.6. The summed E-state index contributed by atoms with van der Waals surface area (Å²) in [5, 5.41) is 4.13. The molecule has 3 heterocycles. The lowest BCUT2D eigenvalue weighted by molar-refractivity contribution is 0.0770. The molecule has 8 heteroatoms. The number of amides is 1. The van der Waals surface area contributed by atoms with E-state index in [-0.39, 0.29) is 17.2 Å². The van der Waals surface area contributed by atoms with Gasteiger partial charge in [-0.3, -0.25) is 4.79 Å². The highest BCUT2D eigenvalue weighted by atomic mass is 32.1. The number of carbonyl (C=O) groups is 1. The molecule has 2 fully saturated rings. The first-order chi connectivity index (χ1) is 11.1. The molecule has 1 aliphatic heterocycles. The maximum Gasteiger partial charge on any atom is 0.275 e. The summed E-state index contributed by atoms with van der Waals surface area (Å²) in [6.45, 7) is 5.47. The van der Waals surface area contributed by atoms with Gasteiger partial charge in [-0.15, -0.1) is 0 Å². The molecule has 1 aliphatic carbocycles. The van der Waals surface area contributed by atoms with Gasteiger partial charge >= 0.3 is 0 Å². The molecule has 2 aliphatic rings. The molecule has 0 N–H and O–H groups in total. The van der Waals surface area contributed by atoms with Crippen LogP contribution in [0.25, 0.3) is 0 Å². The van der Waals surface area contributed by atoms with E-state index in [1.54, 1.807) is 0 Å². The van der Waals surface area contributed by atoms with Crippen LogP contribution in [0.15, 0.2) is 10.7 Å². The van der Waals surface area contributed by atoms with E-state index in [1.807, 2.05) is 4.90 Å². The van der Waals surface area contributed by atoms with Crippen LogP contribution in [0.5, 0.6) is 0 Å². The van der Waals surface area contributed by atoms with E-state index in [0.717, 1.165) is 43.4 Å². The number of nitrogens with zero attached hydrogens (tertiary/aromatic N) is 5. The molecule has 4 rings (SSSR count). The van der Waals surface area contributed by atoms with Crippen LogP contribution in [0.2, 0.25) is 0 Å². The zero-order valence-electron chi connectivity index (χ0n) is 13.2. The molecular formula is C15H19N5O2S. The van der Waals surface area contributed by atoms with Gasteiger partial charge in [0.25, 0.3) is 5.91 Å². The number of likely N-dealkylation sites (tertiary alicyclic amines) is 1. The summed E-state index contributed by atoms with van der Waals surface area (Å²) < 4.78 is 13.6. The van der Waals surface area contributed by atoms with Gasteiger partial charge in [0.2, 0.25) is 5.89 Å². The summed E-state index contributed by atoms with van der Waals surface area (Å²) >= 11 is 1.06. The summed E-state index contributed by atoms with van der Waals surface area (Å²) in [4.78, 5) is 19.1. The van der Waals surface area contributed by atoms with E-state index in [1.165, 1.54) is 6.20 Å². The van der Waals surface area contributed by atoms with Crippen molar-refractivity contribution in [2.45, 2.75) is 44.4 Å². The lowest BCUT2D eigenvalue weighted by atomic mass is 9.80. The fourth-order valence-corrected chi connectivity index (χ4v) is 4.29. The van der Waals surface area contributed by atoms with Crippen molar-refractivity contribution in [3.05, 3.63) is 23.6 Å². The topological polar surface area (TPSA) is 85.0 Å². The normalized spacial score (nSPS) is 26.9. The number of carbonyl (C=O) groups excluding carboxylic acids is 1. The quantitative estimate of drug-likeness (QED) is 0.856. The van der Waals surface area contributed by atoms with Gasteiger partial charge in [0.15, 0.2) is 11.5 Å². The van der Waals surface area contributed by atoms with Crippen LogP contribution in [0.1, 0.15) is 61.2 Å². The van der Waals surface area contributed by atoms with Gasteiger partial charge in [0.1, 0.15) is 0 Å². The van der Waals surface area contributed by atoms with Crippen molar-refractivity contribution in [3.8, 4) is 0 Å². The lowest BCUT2D eigenvalue weighted by Crippen LogP contribution is -2.35. The van der Waals surface area contributed by atoms with Crippen LogP contribution >= 0.6 is 11.7 Å². The smallest absolute Gasteiger partial charge is 0.275 e. The Labute approximate surface area is 138 Å². The largest absolute Gasteiger partial charge is 0.339 e. The molecule has 1 saturated heterocycles. The highest BCUT2D eigenvalue weighted by Crippen LogP contribution is 2.50. The number of hydrogen-bond donors (Lipinski definition) is 0. The minimum Gasteiger partial charge on any atom is -0.339 e. The third-order valence-electron chi connectivity index (χ3n) is 5.12. The fraction of sp³-hybridized carbons (Fsp3) is 0.667. The number of aromatic nitrogens is 4. The molecule has 2 aromatic rings. The van der Waals surface area contributed by atoms with Gasteiger partial charge in [0.05, 0.1) is 23.3 Å². The van der Waals surface area contributed by atoms with Crippen molar-refractivity contribution in [2.24, 2.45) is 5.92 Å². The summed E-state index contributed by atoms with van der Waals surface area (Å²) in [7, 11) is 0. The molecular weight excluding hydrogens is 314 g/mol. The first kappa shape index (κ1) is 14.7. The zero-order chi connectivity index (χ0) is 16.0. The molecule has 1 amide bonds. The van der Waals surface area contributed by atoms with Crippen molar-refractivity contribution in [1.29, 1.82) is 0 Å². The molecule has 1 saturated carbocycles. The van der Waals surface area contributed by atoms with E-state index in [2.05, 4.69) is 32.7 Å². The van der Waals surface area contributed by atoms with Crippen LogP contribution in [0.4, 0.5) is 0 Å². The third-order valence-corrected chi connectivity index (χ3v) is 5.60. The van der Waals surface area contributed by atoms with Gasteiger partial charge in [0, 0.05) is 19.0 Å². The molecule has 0 radical (unpaired) electrons. The Morgan fingerprint density at radius 1 is 1.52 bits per heavy atom. The minimum absolute atomic E-state index is 0.0453. The second kappa shape index (κ2) is 5.36. The average Bonchev–Trinajstić information content (AvgIpc) is 3.27. The average molecular weight is 333 g/mol. The molecule has 0 bridgehead atoms. The molecule has 2 aromatic heterocycles. The Morgan fingerprint density at radius 3 is 3.09 bits per heavy atom. The van der Waals surface area contributed by atoms with E-state index in [4.69, 9.17) is 4.52 Å². The van der Waals surface area contributed by atoms with Crippen molar-refractivity contribution >= 4 is 17.6 Å². The van der Waals surface area contributed by atoms with Gasteiger partial charge < -0.3 is 9.42 Å². The summed E-state index contributed by atoms with van der Waals surface area (Å²) in [5.41, 5.74) is 0.248. The summed E-state index contributed by atoms with van der Waals surface area (Å²) in [6, 6.07) is 0. The zero-order valence-corrected chi connectivity index (χ0v) is 14.0. The first-order valence-electron chi connectivity index (χ1n) is 8.01. The van der Waals surface area contributed by atoms with Crippen molar-refractivity contribution < 1.29 is 9.32 Å². The highest BCUT2D eigenvalue weighted by molar-refractivity contribution is 6.99. The van der Waals surface area contributed by atoms with Crippen LogP contribution < -0.4 is 0 Å². The highest BCUT2D eigenvalue weighted by Gasteiger charge is 2.55. The van der Waals surface area contributed by atoms with Crippen molar-refractivity contribution in [3.63, 3.8) is 0 Å². The Morgan fingerprint density at radius 2 is 2.39 bits per heavy atom. The van der Waals surface area contributed by atoms with Gasteiger partial charge in [-0.1, -0.05) is 25.4 Å². The summed E-state index contributed by atoms with van der Waals surface area (Å²) in [6.07, 6.45) is 4.77. The van der Waals surface area contributed by atoms with Gasteiger partial charge in [-0.25, -0.2) is 0 Å². The third kappa shape index (κ3) is 2.27. The second-order valence-corrected chi connectivity index (χ2v) is 7.39. The predicted octanol–water partition coefficient (Wildman–Crippen LogP) is 2.24. The van der Waals surface area contributed by atoms with E-state index in [0.29, 0.717) is 24.0 Å². The molecule has 23 heavy (non-hydrogen) atoms. The van der Waals surface area contributed by atoms with Crippen molar-refractivity contribution in [2.75, 3.05) is 13.1 Å². The standard InChI is InChI=1S/C15H19N5O2S/c1-9(2)12-17-14(22-18-12)15-5-3-4-10(15)7-20(8-15)13(21)11-6-16-23-19-11/h6,9-10H,3-5,7-8H2,1-2H3/t10-,15-/m1/s1. The van der Waals surface area contributed by atoms with Gasteiger partial charge in [-0.05, 0) is 18.8 Å². The lowest BCUT2D eigenvalue weighted by Gasteiger charge is -2.23. The first-order valence-corrected chi connectivity index (χ1v) is 8.74. The summed E-state index contributed by atoms with van der Waals surface area (Å²) in [5.74, 6) is 2.03. The second-order valence-electron chi connectivity index (χ2n) is 6.84. The fourth-order valence-electron chi connectivity index (χ4n) is 3.89. The molecule has 0 unspecified atom stereocenters. The predicted molar refractivity (Wildman–Crippen MR) is 83.2 cm³/mol. The van der Waals surface area contributed by atoms with Crippen LogP contribution in [0, 0.1) is 5.92 Å². The SMILES string of the molecule is CC(C)c1noc([C@@]23CCC[C@@H]2CN(C(=O)c2cnsn2)C3)n1. The Hall–Kier alpha value is -1.83. The number of rotatable bonds is 3. The minimum atomic E-state index is -0.181. The maximum absolute atomic E-state index is 12.6. The number of hydrogen-bond acceptors (Lipinski definition) is 7. The Bertz CT molecular complexity index is 713. The molecule has 122 valence electrons. The van der Waals surface area contributed by atoms with Gasteiger partial charge in [-0.2, -0.15) is 13.7 Å². The van der Waals surface area contributed by atoms with Crippen LogP contribution in [-0.4, -0.2) is 42.8 Å². The Kier molecular flexibility index (Phi) is 3.44.